The highest BCUT2D eigenvalue weighted by atomic mass is 19.1. The zero-order valence-electron chi connectivity index (χ0n) is 9.57. The molecule has 5 heteroatoms. The van der Waals surface area contributed by atoms with Gasteiger partial charge in [-0.15, -0.1) is 0 Å². The number of carbonyl (C=O) groups is 2. The fraction of sp³-hybridized carbons (Fsp3) is 0.333. The van der Waals surface area contributed by atoms with Crippen LogP contribution in [0.25, 0.3) is 0 Å². The van der Waals surface area contributed by atoms with Gasteiger partial charge in [0.2, 0.25) is 0 Å². The summed E-state index contributed by atoms with van der Waals surface area (Å²) in [7, 11) is 3.46. The molecule has 17 heavy (non-hydrogen) atoms. The van der Waals surface area contributed by atoms with Gasteiger partial charge < -0.3 is 9.64 Å². The van der Waals surface area contributed by atoms with Crippen LogP contribution in [0.4, 0.5) is 10.1 Å². The summed E-state index contributed by atoms with van der Waals surface area (Å²) in [5, 5.41) is 0. The second kappa shape index (κ2) is 4.16. The number of anilines is 1. The van der Waals surface area contributed by atoms with E-state index < -0.39 is 23.7 Å². The maximum atomic E-state index is 13.7. The van der Waals surface area contributed by atoms with E-state index in [1.165, 1.54) is 6.07 Å². The molecule has 1 heterocycles. The molecule has 0 aromatic heterocycles. The number of hydrogen-bond donors (Lipinski definition) is 0. The highest BCUT2D eigenvalue weighted by molar-refractivity contribution is 5.97. The Balaban J connectivity index is 2.32. The third-order valence-corrected chi connectivity index (χ3v) is 2.73. The third-order valence-electron chi connectivity index (χ3n) is 2.73. The summed E-state index contributed by atoms with van der Waals surface area (Å²) in [4.78, 5) is 23.9. The number of esters is 2. The molecule has 0 aliphatic carbocycles. The normalized spacial score (nSPS) is 19.4. The van der Waals surface area contributed by atoms with E-state index in [0.717, 1.165) is 0 Å². The molecule has 4 nitrogen and oxygen atoms in total. The van der Waals surface area contributed by atoms with Crippen molar-refractivity contribution in [2.45, 2.75) is 12.3 Å². The molecule has 2 rings (SSSR count). The van der Waals surface area contributed by atoms with Crippen molar-refractivity contribution in [3.63, 3.8) is 0 Å². The lowest BCUT2D eigenvalue weighted by Crippen LogP contribution is -2.12. The molecule has 0 N–H and O–H groups in total. The molecule has 0 saturated carbocycles. The van der Waals surface area contributed by atoms with E-state index in [1.54, 1.807) is 31.1 Å². The Morgan fingerprint density at radius 2 is 2.06 bits per heavy atom. The monoisotopic (exact) mass is 237 g/mol. The molecule has 1 fully saturated rings. The first-order valence-corrected chi connectivity index (χ1v) is 5.20. The van der Waals surface area contributed by atoms with E-state index in [9.17, 15) is 14.0 Å². The van der Waals surface area contributed by atoms with Gasteiger partial charge in [0.15, 0.2) is 0 Å². The van der Waals surface area contributed by atoms with Crippen molar-refractivity contribution < 1.29 is 18.7 Å². The van der Waals surface area contributed by atoms with Crippen LogP contribution < -0.4 is 4.90 Å². The van der Waals surface area contributed by atoms with Crippen LogP contribution in [0.5, 0.6) is 0 Å². The van der Waals surface area contributed by atoms with Gasteiger partial charge in [0, 0.05) is 14.1 Å². The predicted molar refractivity (Wildman–Crippen MR) is 59.2 cm³/mol. The lowest BCUT2D eigenvalue weighted by molar-refractivity contribution is -0.152. The van der Waals surface area contributed by atoms with E-state index >= 15 is 0 Å². The van der Waals surface area contributed by atoms with E-state index in [2.05, 4.69) is 4.74 Å². The minimum Gasteiger partial charge on any atom is -0.393 e. The second-order valence-corrected chi connectivity index (χ2v) is 4.16. The number of cyclic esters (lactones) is 2. The van der Waals surface area contributed by atoms with Gasteiger partial charge in [-0.3, -0.25) is 9.59 Å². The standard InChI is InChI=1S/C12H12FNO3/c1-14(2)10-4-3-7(5-9(10)13)8-6-11(15)17-12(8)16/h3-5,8H,6H2,1-2H3. The van der Waals surface area contributed by atoms with Gasteiger partial charge in [0.05, 0.1) is 18.0 Å². The Bertz CT molecular complexity index is 485. The summed E-state index contributed by atoms with van der Waals surface area (Å²) < 4.78 is 18.1. The molecular formula is C12H12FNO3. The number of benzene rings is 1. The molecule has 1 atom stereocenters. The maximum absolute atomic E-state index is 13.7. The van der Waals surface area contributed by atoms with Crippen molar-refractivity contribution >= 4 is 17.6 Å². The van der Waals surface area contributed by atoms with Crippen molar-refractivity contribution in [1.29, 1.82) is 0 Å². The van der Waals surface area contributed by atoms with Crippen LogP contribution in [-0.2, 0) is 14.3 Å². The van der Waals surface area contributed by atoms with Crippen molar-refractivity contribution in [2.75, 3.05) is 19.0 Å². The average Bonchev–Trinajstić information content (AvgIpc) is 2.57. The second-order valence-electron chi connectivity index (χ2n) is 4.16. The van der Waals surface area contributed by atoms with Crippen molar-refractivity contribution in [2.24, 2.45) is 0 Å². The van der Waals surface area contributed by atoms with Crippen LogP contribution in [-0.4, -0.2) is 26.0 Å². The molecule has 90 valence electrons. The topological polar surface area (TPSA) is 46.6 Å². The molecule has 1 aromatic carbocycles. The molecule has 1 saturated heterocycles. The Hall–Kier alpha value is -1.91. The first-order valence-electron chi connectivity index (χ1n) is 5.20. The molecule has 0 radical (unpaired) electrons. The van der Waals surface area contributed by atoms with Gasteiger partial charge in [-0.05, 0) is 17.7 Å². The number of ether oxygens (including phenoxy) is 1. The molecule has 0 spiro atoms. The molecule has 1 unspecified atom stereocenters. The van der Waals surface area contributed by atoms with Crippen LogP contribution in [0.1, 0.15) is 17.9 Å². The summed E-state index contributed by atoms with van der Waals surface area (Å²) in [6.07, 6.45) is -0.0143. The Kier molecular flexibility index (Phi) is 2.83. The Morgan fingerprint density at radius 3 is 2.53 bits per heavy atom. The van der Waals surface area contributed by atoms with Gasteiger partial charge in [-0.1, -0.05) is 6.07 Å². The predicted octanol–water partition coefficient (Wildman–Crippen LogP) is 1.45. The van der Waals surface area contributed by atoms with Crippen LogP contribution in [0, 0.1) is 5.82 Å². The van der Waals surface area contributed by atoms with Crippen LogP contribution in [0.3, 0.4) is 0 Å². The number of nitrogens with zero attached hydrogens (tertiary/aromatic N) is 1. The molecule has 1 aliphatic heterocycles. The fourth-order valence-corrected chi connectivity index (χ4v) is 1.83. The zero-order valence-corrected chi connectivity index (χ0v) is 9.57. The minimum absolute atomic E-state index is 0.0143. The van der Waals surface area contributed by atoms with Gasteiger partial charge in [-0.2, -0.15) is 0 Å². The van der Waals surface area contributed by atoms with Gasteiger partial charge in [-0.25, -0.2) is 4.39 Å². The first kappa shape index (κ1) is 11.6. The zero-order chi connectivity index (χ0) is 12.6. The SMILES string of the molecule is CN(C)c1ccc(C2CC(=O)OC2=O)cc1F. The fourth-order valence-electron chi connectivity index (χ4n) is 1.83. The van der Waals surface area contributed by atoms with Crippen molar-refractivity contribution in [3.8, 4) is 0 Å². The lowest BCUT2D eigenvalue weighted by Gasteiger charge is -2.15. The summed E-state index contributed by atoms with van der Waals surface area (Å²) >= 11 is 0. The number of carbonyl (C=O) groups excluding carboxylic acids is 2. The molecule has 0 bridgehead atoms. The van der Waals surface area contributed by atoms with E-state index in [4.69, 9.17) is 0 Å². The number of halogens is 1. The van der Waals surface area contributed by atoms with Crippen molar-refractivity contribution in [1.82, 2.24) is 0 Å². The summed E-state index contributed by atoms with van der Waals surface area (Å²) in [6.45, 7) is 0. The molecule has 1 aliphatic rings. The van der Waals surface area contributed by atoms with Crippen LogP contribution >= 0.6 is 0 Å². The van der Waals surface area contributed by atoms with Crippen LogP contribution in [0.15, 0.2) is 18.2 Å². The minimum atomic E-state index is -0.673. The summed E-state index contributed by atoms with van der Waals surface area (Å²) in [6, 6.07) is 4.50. The van der Waals surface area contributed by atoms with Crippen molar-refractivity contribution in [3.05, 3.63) is 29.6 Å². The summed E-state index contributed by atoms with van der Waals surface area (Å²) in [5.74, 6) is -2.25. The Morgan fingerprint density at radius 1 is 1.35 bits per heavy atom. The molecular weight excluding hydrogens is 225 g/mol. The van der Waals surface area contributed by atoms with E-state index in [1.807, 2.05) is 0 Å². The quantitative estimate of drug-likeness (QED) is 0.577. The van der Waals surface area contributed by atoms with E-state index in [0.29, 0.717) is 11.3 Å². The largest absolute Gasteiger partial charge is 0.393 e. The van der Waals surface area contributed by atoms with Gasteiger partial charge >= 0.3 is 11.9 Å². The molecule has 0 amide bonds. The average molecular weight is 237 g/mol. The summed E-state index contributed by atoms with van der Waals surface area (Å²) in [5.41, 5.74) is 0.912. The Labute approximate surface area is 98.0 Å². The van der Waals surface area contributed by atoms with Gasteiger partial charge in [0.1, 0.15) is 5.82 Å². The van der Waals surface area contributed by atoms with Crippen LogP contribution in [0.2, 0.25) is 0 Å². The van der Waals surface area contributed by atoms with E-state index in [-0.39, 0.29) is 6.42 Å². The maximum Gasteiger partial charge on any atom is 0.321 e. The van der Waals surface area contributed by atoms with Gasteiger partial charge in [0.25, 0.3) is 0 Å². The highest BCUT2D eigenvalue weighted by Crippen LogP contribution is 2.30. The lowest BCUT2D eigenvalue weighted by atomic mass is 9.97. The highest BCUT2D eigenvalue weighted by Gasteiger charge is 2.34. The third kappa shape index (κ3) is 2.13. The number of rotatable bonds is 2. The molecule has 1 aromatic rings. The first-order chi connectivity index (χ1) is 7.99. The number of hydrogen-bond acceptors (Lipinski definition) is 4. The smallest absolute Gasteiger partial charge is 0.321 e.